The molecule has 0 aliphatic carbocycles. The normalized spacial score (nSPS) is 28.6. The lowest BCUT2D eigenvalue weighted by molar-refractivity contribution is -0.165. The molecule has 0 aromatic rings. The summed E-state index contributed by atoms with van der Waals surface area (Å²) in [6.45, 7) is 6.57. The van der Waals surface area contributed by atoms with Crippen LogP contribution in [0.15, 0.2) is 0 Å². The Morgan fingerprint density at radius 1 is 1.50 bits per heavy atom. The summed E-state index contributed by atoms with van der Waals surface area (Å²) in [5.41, 5.74) is 5.37. The number of carbonyl (C=O) groups excluding carboxylic acids is 1. The van der Waals surface area contributed by atoms with Crippen LogP contribution in [-0.4, -0.2) is 30.8 Å². The van der Waals surface area contributed by atoms with E-state index < -0.39 is 5.60 Å². The maximum absolute atomic E-state index is 11.6. The molecule has 0 amide bonds. The van der Waals surface area contributed by atoms with Crippen molar-refractivity contribution in [3.63, 3.8) is 0 Å². The van der Waals surface area contributed by atoms with Gasteiger partial charge >= 0.3 is 5.97 Å². The van der Waals surface area contributed by atoms with Crippen LogP contribution < -0.4 is 5.73 Å². The predicted octanol–water partition coefficient (Wildman–Crippen LogP) is 0.692. The molecular formula is C10H19NO3. The van der Waals surface area contributed by atoms with Crippen molar-refractivity contribution in [2.24, 2.45) is 11.7 Å². The van der Waals surface area contributed by atoms with Gasteiger partial charge < -0.3 is 15.2 Å². The van der Waals surface area contributed by atoms with E-state index in [1.54, 1.807) is 0 Å². The quantitative estimate of drug-likeness (QED) is 0.634. The number of ether oxygens (including phenoxy) is 2. The van der Waals surface area contributed by atoms with E-state index in [0.717, 1.165) is 6.42 Å². The molecule has 4 nitrogen and oxygen atoms in total. The molecule has 0 aromatic heterocycles. The molecule has 1 rings (SSSR count). The minimum absolute atomic E-state index is 0.126. The van der Waals surface area contributed by atoms with Crippen molar-refractivity contribution in [1.82, 2.24) is 0 Å². The van der Waals surface area contributed by atoms with E-state index >= 15 is 0 Å². The summed E-state index contributed by atoms with van der Waals surface area (Å²) >= 11 is 0. The summed E-state index contributed by atoms with van der Waals surface area (Å²) in [6, 6.07) is -0.126. The zero-order chi connectivity index (χ0) is 10.8. The Bertz CT molecular complexity index is 210. The van der Waals surface area contributed by atoms with Gasteiger partial charge in [0.1, 0.15) is 5.60 Å². The second-order valence-electron chi connectivity index (χ2n) is 4.67. The van der Waals surface area contributed by atoms with E-state index in [2.05, 4.69) is 0 Å². The Labute approximate surface area is 84.7 Å². The van der Waals surface area contributed by atoms with Crippen LogP contribution in [0, 0.1) is 5.92 Å². The van der Waals surface area contributed by atoms with Crippen LogP contribution in [0.3, 0.4) is 0 Å². The standard InChI is InChI=1S/C10H19NO3/c1-10(2,3)14-9(12)7-6-13-5-4-8(7)11/h7-8H,4-6,11H2,1-3H3/t7-,8-/m0/s1. The van der Waals surface area contributed by atoms with Crippen LogP contribution >= 0.6 is 0 Å². The summed E-state index contributed by atoms with van der Waals surface area (Å²) in [5.74, 6) is -0.548. The third kappa shape index (κ3) is 3.27. The lowest BCUT2D eigenvalue weighted by atomic mass is 9.96. The van der Waals surface area contributed by atoms with Gasteiger partial charge in [0.05, 0.1) is 12.5 Å². The first-order valence-corrected chi connectivity index (χ1v) is 4.96. The molecule has 0 radical (unpaired) electrons. The molecule has 0 unspecified atom stereocenters. The van der Waals surface area contributed by atoms with E-state index in [9.17, 15) is 4.79 Å². The van der Waals surface area contributed by atoms with E-state index in [-0.39, 0.29) is 17.9 Å². The van der Waals surface area contributed by atoms with E-state index in [4.69, 9.17) is 15.2 Å². The first-order valence-electron chi connectivity index (χ1n) is 4.96. The molecular weight excluding hydrogens is 182 g/mol. The molecule has 1 heterocycles. The maximum atomic E-state index is 11.6. The van der Waals surface area contributed by atoms with Gasteiger partial charge in [-0.3, -0.25) is 4.79 Å². The first-order chi connectivity index (χ1) is 6.40. The van der Waals surface area contributed by atoms with Gasteiger partial charge in [0.25, 0.3) is 0 Å². The highest BCUT2D eigenvalue weighted by atomic mass is 16.6. The molecule has 2 atom stereocenters. The molecule has 0 saturated carbocycles. The number of rotatable bonds is 1. The molecule has 2 N–H and O–H groups in total. The molecule has 0 aromatic carbocycles. The minimum Gasteiger partial charge on any atom is -0.460 e. The van der Waals surface area contributed by atoms with E-state index in [0.29, 0.717) is 13.2 Å². The second kappa shape index (κ2) is 4.28. The summed E-state index contributed by atoms with van der Waals surface area (Å²) in [6.07, 6.45) is 0.726. The fourth-order valence-corrected chi connectivity index (χ4v) is 1.37. The van der Waals surface area contributed by atoms with Crippen LogP contribution in [-0.2, 0) is 14.3 Å². The number of esters is 1. The number of carbonyl (C=O) groups is 1. The third-order valence-electron chi connectivity index (χ3n) is 2.12. The predicted molar refractivity (Wildman–Crippen MR) is 52.7 cm³/mol. The molecule has 1 aliphatic rings. The third-order valence-corrected chi connectivity index (χ3v) is 2.12. The number of hydrogen-bond donors (Lipinski definition) is 1. The first kappa shape index (κ1) is 11.5. The van der Waals surface area contributed by atoms with Crippen LogP contribution in [0.4, 0.5) is 0 Å². The molecule has 1 saturated heterocycles. The summed E-state index contributed by atoms with van der Waals surface area (Å²) in [5, 5.41) is 0. The molecule has 0 bridgehead atoms. The van der Waals surface area contributed by atoms with Crippen molar-refractivity contribution in [2.75, 3.05) is 13.2 Å². The van der Waals surface area contributed by atoms with Gasteiger partial charge in [-0.2, -0.15) is 0 Å². The maximum Gasteiger partial charge on any atom is 0.313 e. The highest BCUT2D eigenvalue weighted by Crippen LogP contribution is 2.18. The highest BCUT2D eigenvalue weighted by molar-refractivity contribution is 5.74. The number of nitrogens with two attached hydrogens (primary N) is 1. The molecule has 0 spiro atoms. The fraction of sp³-hybridized carbons (Fsp3) is 0.900. The molecule has 4 heteroatoms. The van der Waals surface area contributed by atoms with Gasteiger partial charge in [-0.1, -0.05) is 0 Å². The minimum atomic E-state index is -0.450. The summed E-state index contributed by atoms with van der Waals surface area (Å²) in [7, 11) is 0. The van der Waals surface area contributed by atoms with Crippen LogP contribution in [0.25, 0.3) is 0 Å². The van der Waals surface area contributed by atoms with Gasteiger partial charge in [0.2, 0.25) is 0 Å². The average Bonchev–Trinajstić information content (AvgIpc) is 2.01. The van der Waals surface area contributed by atoms with E-state index in [1.165, 1.54) is 0 Å². The Hall–Kier alpha value is -0.610. The van der Waals surface area contributed by atoms with Crippen molar-refractivity contribution in [3.8, 4) is 0 Å². The van der Waals surface area contributed by atoms with Crippen LogP contribution in [0.5, 0.6) is 0 Å². The zero-order valence-electron chi connectivity index (χ0n) is 9.08. The SMILES string of the molecule is CC(C)(C)OC(=O)[C@H]1COCC[C@@H]1N. The Morgan fingerprint density at radius 3 is 2.64 bits per heavy atom. The van der Waals surface area contributed by atoms with E-state index in [1.807, 2.05) is 20.8 Å². The van der Waals surface area contributed by atoms with Crippen molar-refractivity contribution >= 4 is 5.97 Å². The van der Waals surface area contributed by atoms with Crippen molar-refractivity contribution in [2.45, 2.75) is 38.8 Å². The van der Waals surface area contributed by atoms with Crippen LogP contribution in [0.1, 0.15) is 27.2 Å². The van der Waals surface area contributed by atoms with Crippen molar-refractivity contribution in [1.29, 1.82) is 0 Å². The smallest absolute Gasteiger partial charge is 0.313 e. The van der Waals surface area contributed by atoms with Crippen LogP contribution in [0.2, 0.25) is 0 Å². The zero-order valence-corrected chi connectivity index (χ0v) is 9.08. The molecule has 1 aliphatic heterocycles. The summed E-state index contributed by atoms with van der Waals surface area (Å²) < 4.78 is 10.5. The van der Waals surface area contributed by atoms with Gasteiger partial charge in [-0.15, -0.1) is 0 Å². The lowest BCUT2D eigenvalue weighted by Gasteiger charge is -2.30. The van der Waals surface area contributed by atoms with Crippen molar-refractivity contribution in [3.05, 3.63) is 0 Å². The Kier molecular flexibility index (Phi) is 3.50. The molecule has 1 fully saturated rings. The van der Waals surface area contributed by atoms with Gasteiger partial charge in [-0.05, 0) is 27.2 Å². The molecule has 14 heavy (non-hydrogen) atoms. The lowest BCUT2D eigenvalue weighted by Crippen LogP contribution is -2.45. The van der Waals surface area contributed by atoms with Gasteiger partial charge in [-0.25, -0.2) is 0 Å². The summed E-state index contributed by atoms with van der Waals surface area (Å²) in [4.78, 5) is 11.6. The largest absolute Gasteiger partial charge is 0.460 e. The Balaban J connectivity index is 2.50. The Morgan fingerprint density at radius 2 is 2.14 bits per heavy atom. The highest BCUT2D eigenvalue weighted by Gasteiger charge is 2.32. The monoisotopic (exact) mass is 201 g/mol. The number of hydrogen-bond acceptors (Lipinski definition) is 4. The second-order valence-corrected chi connectivity index (χ2v) is 4.67. The van der Waals surface area contributed by atoms with Gasteiger partial charge in [0, 0.05) is 12.6 Å². The molecule has 82 valence electrons. The topological polar surface area (TPSA) is 61.5 Å². The van der Waals surface area contributed by atoms with Crippen molar-refractivity contribution < 1.29 is 14.3 Å². The fourth-order valence-electron chi connectivity index (χ4n) is 1.37. The van der Waals surface area contributed by atoms with Gasteiger partial charge in [0.15, 0.2) is 0 Å². The average molecular weight is 201 g/mol.